The van der Waals surface area contributed by atoms with Crippen LogP contribution in [0, 0.1) is 40.4 Å². The van der Waals surface area contributed by atoms with E-state index in [1.165, 1.54) is 35.5 Å². The fourth-order valence-corrected chi connectivity index (χ4v) is 8.14. The Balaban J connectivity index is 1.22. The van der Waals surface area contributed by atoms with Gasteiger partial charge in [0.15, 0.2) is 6.61 Å². The number of hydrogen-bond donors (Lipinski definition) is 1. The van der Waals surface area contributed by atoms with Crippen LogP contribution in [0.5, 0.6) is 0 Å². The molecule has 0 aromatic carbocycles. The van der Waals surface area contributed by atoms with Crippen LogP contribution < -0.4 is 5.32 Å². The lowest BCUT2D eigenvalue weighted by Gasteiger charge is -2.55. The van der Waals surface area contributed by atoms with E-state index in [1.54, 1.807) is 0 Å². The highest BCUT2D eigenvalue weighted by molar-refractivity contribution is 7.16. The number of ether oxygens (including phenoxy) is 1. The predicted molar refractivity (Wildman–Crippen MR) is 110 cm³/mol. The summed E-state index contributed by atoms with van der Waals surface area (Å²) in [6.45, 7) is 1.96. The second-order valence-corrected chi connectivity index (χ2v) is 11.1. The number of carbonyl (C=O) groups excluding carboxylic acids is 2. The Morgan fingerprint density at radius 2 is 1.86 bits per heavy atom. The number of hydrogen-bond acceptors (Lipinski definition) is 5. The summed E-state index contributed by atoms with van der Waals surface area (Å²) in [7, 11) is 0. The molecule has 5 aliphatic carbocycles. The Labute approximate surface area is 175 Å². The van der Waals surface area contributed by atoms with Gasteiger partial charge >= 0.3 is 5.97 Å². The van der Waals surface area contributed by atoms with Gasteiger partial charge in [0.05, 0.1) is 11.0 Å². The molecule has 4 fully saturated rings. The van der Waals surface area contributed by atoms with E-state index >= 15 is 0 Å². The molecule has 0 saturated heterocycles. The van der Waals surface area contributed by atoms with Gasteiger partial charge < -0.3 is 10.1 Å². The van der Waals surface area contributed by atoms with Crippen LogP contribution in [0.1, 0.15) is 67.9 Å². The fourth-order valence-electron chi connectivity index (χ4n) is 6.76. The third-order valence-electron chi connectivity index (χ3n) is 7.68. The Hall–Kier alpha value is -1.87. The number of esters is 1. The van der Waals surface area contributed by atoms with Crippen molar-refractivity contribution in [3.05, 3.63) is 16.0 Å². The molecule has 6 rings (SSSR count). The van der Waals surface area contributed by atoms with Gasteiger partial charge in [-0.25, -0.2) is 0 Å². The van der Waals surface area contributed by atoms with Gasteiger partial charge in [-0.15, -0.1) is 11.3 Å². The Morgan fingerprint density at radius 1 is 1.21 bits per heavy atom. The summed E-state index contributed by atoms with van der Waals surface area (Å²) in [5.74, 6) is 2.09. The summed E-state index contributed by atoms with van der Waals surface area (Å²) in [5, 5.41) is 13.0. The lowest BCUT2D eigenvalue weighted by Crippen LogP contribution is -2.50. The molecule has 0 spiro atoms. The van der Waals surface area contributed by atoms with Crippen molar-refractivity contribution in [3.8, 4) is 6.07 Å². The van der Waals surface area contributed by atoms with Crippen LogP contribution in [-0.2, 0) is 27.2 Å². The quantitative estimate of drug-likeness (QED) is 0.742. The van der Waals surface area contributed by atoms with Crippen LogP contribution in [-0.4, -0.2) is 18.5 Å². The zero-order valence-corrected chi connectivity index (χ0v) is 17.8. The van der Waals surface area contributed by atoms with Gasteiger partial charge in [0.2, 0.25) is 0 Å². The highest BCUT2D eigenvalue weighted by Crippen LogP contribution is 2.60. The van der Waals surface area contributed by atoms with Gasteiger partial charge in [-0.05, 0) is 87.0 Å². The number of fused-ring (bicyclic) bond motifs is 1. The minimum Gasteiger partial charge on any atom is -0.455 e. The topological polar surface area (TPSA) is 79.2 Å². The maximum atomic E-state index is 12.9. The third kappa shape index (κ3) is 3.38. The number of nitrogens with one attached hydrogen (secondary N) is 1. The number of nitrogens with zero attached hydrogens (tertiary/aromatic N) is 1. The molecule has 29 heavy (non-hydrogen) atoms. The van der Waals surface area contributed by atoms with E-state index < -0.39 is 0 Å². The van der Waals surface area contributed by atoms with Crippen molar-refractivity contribution in [2.24, 2.45) is 29.1 Å². The van der Waals surface area contributed by atoms with Crippen molar-refractivity contribution >= 4 is 28.2 Å². The molecule has 5 aliphatic rings. The first-order chi connectivity index (χ1) is 14.0. The number of anilines is 1. The minimum absolute atomic E-state index is 0.174. The molecule has 154 valence electrons. The zero-order valence-electron chi connectivity index (χ0n) is 17.0. The van der Waals surface area contributed by atoms with Crippen LogP contribution in [0.15, 0.2) is 0 Å². The molecule has 0 unspecified atom stereocenters. The number of thiophene rings is 1. The van der Waals surface area contributed by atoms with Crippen molar-refractivity contribution in [1.29, 1.82) is 5.26 Å². The van der Waals surface area contributed by atoms with Crippen LogP contribution in [0.2, 0.25) is 0 Å². The monoisotopic (exact) mass is 412 g/mol. The van der Waals surface area contributed by atoms with Gasteiger partial charge in [-0.1, -0.05) is 6.92 Å². The summed E-state index contributed by atoms with van der Waals surface area (Å²) in [6, 6.07) is 2.27. The first-order valence-electron chi connectivity index (χ1n) is 11.0. The van der Waals surface area contributed by atoms with E-state index in [2.05, 4.69) is 18.3 Å². The minimum atomic E-state index is -0.342. The summed E-state index contributed by atoms with van der Waals surface area (Å²) in [6.07, 6.45) is 9.56. The van der Waals surface area contributed by atoms with Gasteiger partial charge in [0.1, 0.15) is 11.1 Å². The van der Waals surface area contributed by atoms with Crippen LogP contribution >= 0.6 is 11.3 Å². The first-order valence-corrected chi connectivity index (χ1v) is 11.8. The van der Waals surface area contributed by atoms with E-state index in [4.69, 9.17) is 4.74 Å². The SMILES string of the molecule is C[C@H]1CCc2c(sc(NC(=O)COC(=O)C34CC5CC(CC(C5)C3)C4)c2C#N)C1. The summed E-state index contributed by atoms with van der Waals surface area (Å²) in [5.41, 5.74) is 1.35. The second kappa shape index (κ2) is 7.12. The molecule has 1 heterocycles. The first kappa shape index (κ1) is 19.1. The molecule has 1 N–H and O–H groups in total. The molecule has 1 aromatic rings. The summed E-state index contributed by atoms with van der Waals surface area (Å²) < 4.78 is 5.52. The standard InChI is InChI=1S/C23H28N2O3S/c1-13-2-3-17-18(11-24)21(29-19(17)4-13)25-20(26)12-28-22(27)23-8-14-5-15(9-23)7-16(6-14)10-23/h13-16H,2-10,12H2,1H3,(H,25,26)/t13-,14?,15?,16?,23?/m0/s1. The Kier molecular flexibility index (Phi) is 4.70. The van der Waals surface area contributed by atoms with Gasteiger partial charge in [-0.3, -0.25) is 9.59 Å². The van der Waals surface area contributed by atoms with Crippen LogP contribution in [0.25, 0.3) is 0 Å². The van der Waals surface area contributed by atoms with Crippen molar-refractivity contribution in [2.45, 2.75) is 64.7 Å². The fraction of sp³-hybridized carbons (Fsp3) is 0.696. The number of nitriles is 1. The summed E-state index contributed by atoms with van der Waals surface area (Å²) >= 11 is 1.51. The largest absolute Gasteiger partial charge is 0.455 e. The lowest BCUT2D eigenvalue weighted by molar-refractivity contribution is -0.172. The number of rotatable bonds is 4. The van der Waals surface area contributed by atoms with Crippen molar-refractivity contribution < 1.29 is 14.3 Å². The van der Waals surface area contributed by atoms with Crippen molar-refractivity contribution in [1.82, 2.24) is 0 Å². The molecule has 4 saturated carbocycles. The van der Waals surface area contributed by atoms with Crippen LogP contribution in [0.3, 0.4) is 0 Å². The Morgan fingerprint density at radius 3 is 2.48 bits per heavy atom. The average Bonchev–Trinajstić information content (AvgIpc) is 3.00. The van der Waals surface area contributed by atoms with E-state index in [-0.39, 0.29) is 23.9 Å². The molecule has 4 bridgehead atoms. The number of amides is 1. The molecule has 0 aliphatic heterocycles. The summed E-state index contributed by atoms with van der Waals surface area (Å²) in [4.78, 5) is 26.6. The predicted octanol–water partition coefficient (Wildman–Crippen LogP) is 4.44. The molecule has 1 amide bonds. The molecule has 6 heteroatoms. The Bertz CT molecular complexity index is 861. The van der Waals surface area contributed by atoms with Crippen molar-refractivity contribution in [2.75, 3.05) is 11.9 Å². The van der Waals surface area contributed by atoms with Gasteiger partial charge in [0.25, 0.3) is 5.91 Å². The smallest absolute Gasteiger partial charge is 0.312 e. The normalized spacial score (nSPS) is 34.3. The molecule has 1 aromatic heterocycles. The second-order valence-electron chi connectivity index (χ2n) is 9.99. The molecule has 5 nitrogen and oxygen atoms in total. The van der Waals surface area contributed by atoms with E-state index in [9.17, 15) is 14.9 Å². The lowest BCUT2D eigenvalue weighted by atomic mass is 9.49. The highest BCUT2D eigenvalue weighted by atomic mass is 32.1. The van der Waals surface area contributed by atoms with Crippen molar-refractivity contribution in [3.63, 3.8) is 0 Å². The maximum absolute atomic E-state index is 12.9. The van der Waals surface area contributed by atoms with E-state index in [1.807, 2.05) is 0 Å². The average molecular weight is 413 g/mol. The van der Waals surface area contributed by atoms with E-state index in [0.717, 1.165) is 44.1 Å². The molecular formula is C23H28N2O3S. The molecule has 0 radical (unpaired) electrons. The third-order valence-corrected chi connectivity index (χ3v) is 8.85. The van der Waals surface area contributed by atoms with E-state index in [0.29, 0.717) is 34.2 Å². The zero-order chi connectivity index (χ0) is 20.2. The molecular weight excluding hydrogens is 384 g/mol. The molecule has 1 atom stereocenters. The maximum Gasteiger partial charge on any atom is 0.312 e. The van der Waals surface area contributed by atoms with Gasteiger partial charge in [-0.2, -0.15) is 5.26 Å². The van der Waals surface area contributed by atoms with Gasteiger partial charge in [0, 0.05) is 4.88 Å². The highest BCUT2D eigenvalue weighted by Gasteiger charge is 2.55. The number of carbonyl (C=O) groups is 2. The van der Waals surface area contributed by atoms with Crippen LogP contribution in [0.4, 0.5) is 5.00 Å².